The number of carbonyl (C=O) groups is 1. The molecule has 1 saturated heterocycles. The van der Waals surface area contributed by atoms with Crippen LogP contribution in [0.1, 0.15) is 31.7 Å². The number of nitrogens with one attached hydrogen (secondary N) is 1. The highest BCUT2D eigenvalue weighted by atomic mass is 16.2. The highest BCUT2D eigenvalue weighted by Crippen LogP contribution is 2.28. The summed E-state index contributed by atoms with van der Waals surface area (Å²) in [6.07, 6.45) is 4.85. The first-order chi connectivity index (χ1) is 12.7. The third-order valence-corrected chi connectivity index (χ3v) is 5.50. The summed E-state index contributed by atoms with van der Waals surface area (Å²) in [7, 11) is 0. The molecule has 4 heteroatoms. The Morgan fingerprint density at radius 1 is 0.962 bits per heavy atom. The minimum Gasteiger partial charge on any atom is -0.374 e. The van der Waals surface area contributed by atoms with Crippen LogP contribution in [-0.4, -0.2) is 31.6 Å². The van der Waals surface area contributed by atoms with Crippen LogP contribution in [0.5, 0.6) is 0 Å². The predicted molar refractivity (Wildman–Crippen MR) is 108 cm³/mol. The molecule has 4 rings (SSSR count). The Kier molecular flexibility index (Phi) is 4.83. The number of rotatable bonds is 4. The zero-order valence-electron chi connectivity index (χ0n) is 15.4. The van der Waals surface area contributed by atoms with Crippen LogP contribution in [0.25, 0.3) is 0 Å². The molecule has 4 nitrogen and oxygen atoms in total. The molecule has 2 aromatic rings. The van der Waals surface area contributed by atoms with E-state index in [1.807, 2.05) is 30.0 Å². The van der Waals surface area contributed by atoms with Gasteiger partial charge >= 0.3 is 0 Å². The van der Waals surface area contributed by atoms with Gasteiger partial charge in [0.25, 0.3) is 0 Å². The number of hydrogen-bond acceptors (Lipinski definition) is 3. The van der Waals surface area contributed by atoms with Gasteiger partial charge in [-0.15, -0.1) is 0 Å². The van der Waals surface area contributed by atoms with E-state index >= 15 is 0 Å². The van der Waals surface area contributed by atoms with Gasteiger partial charge in [0.15, 0.2) is 0 Å². The Morgan fingerprint density at radius 3 is 2.46 bits per heavy atom. The van der Waals surface area contributed by atoms with Crippen molar-refractivity contribution in [3.8, 4) is 0 Å². The average Bonchev–Trinajstić information content (AvgIpc) is 3.13. The molecule has 1 unspecified atom stereocenters. The van der Waals surface area contributed by atoms with Gasteiger partial charge in [-0.3, -0.25) is 4.79 Å². The summed E-state index contributed by atoms with van der Waals surface area (Å²) >= 11 is 0. The van der Waals surface area contributed by atoms with Crippen molar-refractivity contribution < 1.29 is 4.79 Å². The Bertz CT molecular complexity index is 765. The number of para-hydroxylation sites is 1. The van der Waals surface area contributed by atoms with Crippen molar-refractivity contribution in [3.05, 3.63) is 54.1 Å². The maximum absolute atomic E-state index is 12.9. The summed E-state index contributed by atoms with van der Waals surface area (Å²) in [5.74, 6) is 0.134. The molecule has 2 aliphatic heterocycles. The number of carbonyl (C=O) groups excluding carboxylic acids is 1. The number of anilines is 3. The molecule has 2 heterocycles. The van der Waals surface area contributed by atoms with Gasteiger partial charge in [0.2, 0.25) is 5.91 Å². The van der Waals surface area contributed by atoms with Crippen molar-refractivity contribution in [2.24, 2.45) is 0 Å². The summed E-state index contributed by atoms with van der Waals surface area (Å²) in [6, 6.07) is 16.5. The van der Waals surface area contributed by atoms with E-state index < -0.39 is 0 Å². The van der Waals surface area contributed by atoms with Crippen molar-refractivity contribution in [2.45, 2.75) is 38.6 Å². The topological polar surface area (TPSA) is 35.6 Å². The summed E-state index contributed by atoms with van der Waals surface area (Å²) < 4.78 is 0. The summed E-state index contributed by atoms with van der Waals surface area (Å²) in [6.45, 7) is 5.02. The van der Waals surface area contributed by atoms with Crippen LogP contribution in [0.4, 0.5) is 17.1 Å². The fourth-order valence-electron chi connectivity index (χ4n) is 4.03. The smallest absolute Gasteiger partial charge is 0.249 e. The molecule has 1 amide bonds. The number of nitrogens with zero attached hydrogens (tertiary/aromatic N) is 2. The van der Waals surface area contributed by atoms with Gasteiger partial charge in [0.05, 0.1) is 0 Å². The molecular weight excluding hydrogens is 322 g/mol. The molecule has 1 atom stereocenters. The fourth-order valence-corrected chi connectivity index (χ4v) is 4.03. The monoisotopic (exact) mass is 349 g/mol. The molecule has 136 valence electrons. The minimum atomic E-state index is -0.248. The first-order valence-corrected chi connectivity index (χ1v) is 9.73. The van der Waals surface area contributed by atoms with Gasteiger partial charge in [-0.2, -0.15) is 0 Å². The number of benzene rings is 2. The van der Waals surface area contributed by atoms with E-state index in [9.17, 15) is 4.79 Å². The predicted octanol–water partition coefficient (Wildman–Crippen LogP) is 4.07. The number of amides is 1. The number of piperidine rings is 1. The lowest BCUT2D eigenvalue weighted by Crippen LogP contribution is -2.40. The third kappa shape index (κ3) is 3.41. The van der Waals surface area contributed by atoms with Crippen LogP contribution < -0.4 is 15.1 Å². The van der Waals surface area contributed by atoms with E-state index in [-0.39, 0.29) is 11.9 Å². The minimum absolute atomic E-state index is 0.134. The van der Waals surface area contributed by atoms with E-state index in [1.54, 1.807) is 0 Å². The molecule has 1 fully saturated rings. The quantitative estimate of drug-likeness (QED) is 0.904. The van der Waals surface area contributed by atoms with Crippen molar-refractivity contribution in [1.29, 1.82) is 0 Å². The van der Waals surface area contributed by atoms with Gasteiger partial charge in [-0.25, -0.2) is 0 Å². The second kappa shape index (κ2) is 7.40. The number of fused-ring (bicyclic) bond motifs is 1. The summed E-state index contributed by atoms with van der Waals surface area (Å²) in [5, 5.41) is 3.37. The van der Waals surface area contributed by atoms with E-state index in [1.165, 1.54) is 30.5 Å². The second-order valence-electron chi connectivity index (χ2n) is 7.33. The van der Waals surface area contributed by atoms with Crippen LogP contribution in [0.2, 0.25) is 0 Å². The van der Waals surface area contributed by atoms with Crippen LogP contribution in [0.15, 0.2) is 48.5 Å². The molecule has 0 spiro atoms. The lowest BCUT2D eigenvalue weighted by atomic mass is 10.1. The van der Waals surface area contributed by atoms with E-state index in [2.05, 4.69) is 40.5 Å². The van der Waals surface area contributed by atoms with Gasteiger partial charge in [-0.05, 0) is 68.5 Å². The fraction of sp³-hybridized carbons (Fsp3) is 0.409. The molecule has 0 bridgehead atoms. The van der Waals surface area contributed by atoms with E-state index in [4.69, 9.17) is 0 Å². The molecule has 1 N–H and O–H groups in total. The Labute approximate surface area is 155 Å². The molecule has 26 heavy (non-hydrogen) atoms. The van der Waals surface area contributed by atoms with Crippen LogP contribution in [0.3, 0.4) is 0 Å². The Hall–Kier alpha value is -2.49. The summed E-state index contributed by atoms with van der Waals surface area (Å²) in [4.78, 5) is 17.2. The lowest BCUT2D eigenvalue weighted by Gasteiger charge is -2.29. The first kappa shape index (κ1) is 17.0. The van der Waals surface area contributed by atoms with Crippen molar-refractivity contribution in [3.63, 3.8) is 0 Å². The van der Waals surface area contributed by atoms with Gasteiger partial charge in [0.1, 0.15) is 6.04 Å². The maximum Gasteiger partial charge on any atom is 0.249 e. The molecule has 0 aliphatic carbocycles. The molecule has 2 aromatic carbocycles. The highest BCUT2D eigenvalue weighted by molar-refractivity contribution is 6.00. The van der Waals surface area contributed by atoms with Crippen LogP contribution in [0, 0.1) is 0 Å². The normalized spacial score (nSPS) is 17.7. The average molecular weight is 349 g/mol. The Balaban J connectivity index is 1.40. The molecule has 0 aromatic heterocycles. The molecule has 0 radical (unpaired) electrons. The van der Waals surface area contributed by atoms with Crippen molar-refractivity contribution >= 4 is 23.0 Å². The van der Waals surface area contributed by atoms with E-state index in [0.29, 0.717) is 0 Å². The van der Waals surface area contributed by atoms with Crippen LogP contribution >= 0.6 is 0 Å². The number of hydrogen-bond donors (Lipinski definition) is 1. The molecule has 0 saturated carbocycles. The standard InChI is InChI=1S/C22H27N3O/c1-17(22(26)25-16-13-18-7-3-4-8-21(18)25)23-19-9-11-20(12-10-19)24-14-5-2-6-15-24/h3-4,7-12,17,23H,2,5-6,13-16H2,1H3. The van der Waals surface area contributed by atoms with Gasteiger partial charge < -0.3 is 15.1 Å². The second-order valence-corrected chi connectivity index (χ2v) is 7.33. The van der Waals surface area contributed by atoms with E-state index in [0.717, 1.165) is 37.4 Å². The molecule has 2 aliphatic rings. The Morgan fingerprint density at radius 2 is 1.69 bits per heavy atom. The zero-order valence-corrected chi connectivity index (χ0v) is 15.4. The first-order valence-electron chi connectivity index (χ1n) is 9.73. The van der Waals surface area contributed by atoms with Crippen molar-refractivity contribution in [2.75, 3.05) is 34.8 Å². The van der Waals surface area contributed by atoms with Crippen molar-refractivity contribution in [1.82, 2.24) is 0 Å². The largest absolute Gasteiger partial charge is 0.374 e. The maximum atomic E-state index is 12.9. The SMILES string of the molecule is CC(Nc1ccc(N2CCCCC2)cc1)C(=O)N1CCc2ccccc21. The zero-order chi connectivity index (χ0) is 17.9. The lowest BCUT2D eigenvalue weighted by molar-refractivity contribution is -0.118. The third-order valence-electron chi connectivity index (χ3n) is 5.50. The summed E-state index contributed by atoms with van der Waals surface area (Å²) in [5.41, 5.74) is 4.60. The van der Waals surface area contributed by atoms with Gasteiger partial charge in [0, 0.05) is 36.7 Å². The van der Waals surface area contributed by atoms with Gasteiger partial charge in [-0.1, -0.05) is 18.2 Å². The highest BCUT2D eigenvalue weighted by Gasteiger charge is 2.27. The molecular formula is C22H27N3O. The van der Waals surface area contributed by atoms with Crippen LogP contribution in [-0.2, 0) is 11.2 Å².